The van der Waals surface area contributed by atoms with Crippen molar-refractivity contribution in [2.45, 2.75) is 38.6 Å². The monoisotopic (exact) mass is 275 g/mol. The first-order valence-electron chi connectivity index (χ1n) is 7.43. The number of amides is 1. The lowest BCUT2D eigenvalue weighted by molar-refractivity contribution is -0.0127. The van der Waals surface area contributed by atoms with Crippen LogP contribution < -0.4 is 0 Å². The Morgan fingerprint density at radius 3 is 2.90 bits per heavy atom. The summed E-state index contributed by atoms with van der Waals surface area (Å²) in [5, 5.41) is 8.00. The molecule has 5 nitrogen and oxygen atoms in total. The summed E-state index contributed by atoms with van der Waals surface area (Å²) in [4.78, 5) is 14.5. The van der Waals surface area contributed by atoms with Crippen molar-refractivity contribution in [2.75, 3.05) is 19.8 Å². The molecule has 1 aliphatic heterocycles. The molecule has 1 aliphatic carbocycles. The fourth-order valence-corrected chi connectivity index (χ4v) is 2.89. The van der Waals surface area contributed by atoms with Crippen LogP contribution in [-0.4, -0.2) is 46.8 Å². The van der Waals surface area contributed by atoms with Crippen molar-refractivity contribution < 1.29 is 9.53 Å². The molecular formula is C15H21N3O2. The van der Waals surface area contributed by atoms with E-state index in [1.807, 2.05) is 17.9 Å². The van der Waals surface area contributed by atoms with Crippen LogP contribution >= 0.6 is 0 Å². The first-order chi connectivity index (χ1) is 9.74. The zero-order chi connectivity index (χ0) is 13.9. The number of morpholine rings is 1. The molecule has 0 aromatic carbocycles. The maximum absolute atomic E-state index is 12.6. The summed E-state index contributed by atoms with van der Waals surface area (Å²) in [5.41, 5.74) is 1.27. The molecule has 5 heteroatoms. The Balaban J connectivity index is 1.71. The fourth-order valence-electron chi connectivity index (χ4n) is 2.89. The van der Waals surface area contributed by atoms with Gasteiger partial charge in [-0.2, -0.15) is 5.10 Å². The minimum atomic E-state index is -0.00914. The number of carbonyl (C=O) groups excluding carboxylic acids is 1. The molecule has 3 rings (SSSR count). The molecule has 1 aromatic rings. The Hall–Kier alpha value is -1.49. The second-order valence-corrected chi connectivity index (χ2v) is 5.82. The van der Waals surface area contributed by atoms with Crippen LogP contribution in [0.2, 0.25) is 0 Å². The Labute approximate surface area is 119 Å². The molecular weight excluding hydrogens is 254 g/mol. The third kappa shape index (κ3) is 2.82. The minimum absolute atomic E-state index is 0.00914. The summed E-state index contributed by atoms with van der Waals surface area (Å²) in [7, 11) is 0. The van der Waals surface area contributed by atoms with Gasteiger partial charge in [-0.1, -0.05) is 19.3 Å². The van der Waals surface area contributed by atoms with E-state index in [9.17, 15) is 4.79 Å². The Morgan fingerprint density at radius 1 is 1.40 bits per heavy atom. The first kappa shape index (κ1) is 13.5. The van der Waals surface area contributed by atoms with E-state index in [1.165, 1.54) is 19.3 Å². The largest absolute Gasteiger partial charge is 0.377 e. The van der Waals surface area contributed by atoms with Gasteiger partial charge in [-0.25, -0.2) is 0 Å². The fraction of sp³-hybridized carbons (Fsp3) is 0.667. The number of nitrogens with zero attached hydrogens (tertiary/aromatic N) is 3. The van der Waals surface area contributed by atoms with Crippen LogP contribution in [0, 0.1) is 12.8 Å². The summed E-state index contributed by atoms with van der Waals surface area (Å²) in [6.45, 7) is 3.80. The number of hydrogen-bond donors (Lipinski definition) is 0. The van der Waals surface area contributed by atoms with E-state index in [4.69, 9.17) is 4.74 Å². The average Bonchev–Trinajstić information content (AvgIpc) is 2.43. The predicted octanol–water partition coefficient (Wildman–Crippen LogP) is 1.82. The van der Waals surface area contributed by atoms with Gasteiger partial charge < -0.3 is 9.64 Å². The molecule has 0 bridgehead atoms. The number of carbonyl (C=O) groups is 1. The topological polar surface area (TPSA) is 55.3 Å². The Morgan fingerprint density at radius 2 is 2.25 bits per heavy atom. The van der Waals surface area contributed by atoms with Crippen molar-refractivity contribution in [2.24, 2.45) is 5.92 Å². The standard InChI is InChI=1S/C15H21N3O2/c1-11-5-6-14(17-16-11)15(19)18-7-8-20-10-13(18)9-12-3-2-4-12/h5-6,12-13H,2-4,7-10H2,1H3. The van der Waals surface area contributed by atoms with Gasteiger partial charge in [0.1, 0.15) is 0 Å². The third-order valence-corrected chi connectivity index (χ3v) is 4.34. The van der Waals surface area contributed by atoms with Gasteiger partial charge in [0.25, 0.3) is 5.91 Å². The number of hydrogen-bond acceptors (Lipinski definition) is 4. The number of aromatic nitrogens is 2. The van der Waals surface area contributed by atoms with E-state index < -0.39 is 0 Å². The van der Waals surface area contributed by atoms with Crippen LogP contribution in [-0.2, 0) is 4.74 Å². The normalized spacial score (nSPS) is 23.4. The molecule has 0 spiro atoms. The second-order valence-electron chi connectivity index (χ2n) is 5.82. The predicted molar refractivity (Wildman–Crippen MR) is 74.4 cm³/mol. The van der Waals surface area contributed by atoms with Gasteiger partial charge in [0.15, 0.2) is 5.69 Å². The summed E-state index contributed by atoms with van der Waals surface area (Å²) in [5.74, 6) is 0.756. The van der Waals surface area contributed by atoms with Gasteiger partial charge >= 0.3 is 0 Å². The van der Waals surface area contributed by atoms with Crippen LogP contribution in [0.3, 0.4) is 0 Å². The van der Waals surface area contributed by atoms with Gasteiger partial charge in [-0.3, -0.25) is 4.79 Å². The zero-order valence-corrected chi connectivity index (χ0v) is 11.9. The van der Waals surface area contributed by atoms with Crippen LogP contribution in [0.4, 0.5) is 0 Å². The highest BCUT2D eigenvalue weighted by atomic mass is 16.5. The molecule has 1 saturated heterocycles. The molecule has 1 atom stereocenters. The van der Waals surface area contributed by atoms with Crippen molar-refractivity contribution in [3.05, 3.63) is 23.5 Å². The van der Waals surface area contributed by atoms with Crippen molar-refractivity contribution in [3.63, 3.8) is 0 Å². The Bertz CT molecular complexity index is 471. The SMILES string of the molecule is Cc1ccc(C(=O)N2CCOCC2CC2CCC2)nn1. The Kier molecular flexibility index (Phi) is 3.96. The molecule has 20 heavy (non-hydrogen) atoms. The van der Waals surface area contributed by atoms with E-state index in [1.54, 1.807) is 6.07 Å². The van der Waals surface area contributed by atoms with E-state index in [2.05, 4.69) is 10.2 Å². The zero-order valence-electron chi connectivity index (χ0n) is 11.9. The lowest BCUT2D eigenvalue weighted by Crippen LogP contribution is -2.50. The van der Waals surface area contributed by atoms with Crippen molar-refractivity contribution in [3.8, 4) is 0 Å². The summed E-state index contributed by atoms with van der Waals surface area (Å²) in [6, 6.07) is 3.80. The molecule has 1 amide bonds. The van der Waals surface area contributed by atoms with Crippen LogP contribution in [0.15, 0.2) is 12.1 Å². The highest BCUT2D eigenvalue weighted by Crippen LogP contribution is 2.32. The minimum Gasteiger partial charge on any atom is -0.377 e. The lowest BCUT2D eigenvalue weighted by Gasteiger charge is -2.39. The smallest absolute Gasteiger partial charge is 0.274 e. The molecule has 2 fully saturated rings. The summed E-state index contributed by atoms with van der Waals surface area (Å²) in [6.07, 6.45) is 4.98. The number of aryl methyl sites for hydroxylation is 1. The summed E-state index contributed by atoms with van der Waals surface area (Å²) < 4.78 is 5.56. The van der Waals surface area contributed by atoms with Gasteiger partial charge in [0.2, 0.25) is 0 Å². The van der Waals surface area contributed by atoms with E-state index in [-0.39, 0.29) is 11.9 Å². The number of rotatable bonds is 3. The summed E-state index contributed by atoms with van der Waals surface area (Å²) >= 11 is 0. The van der Waals surface area contributed by atoms with Gasteiger partial charge in [0, 0.05) is 6.54 Å². The average molecular weight is 275 g/mol. The number of ether oxygens (including phenoxy) is 1. The maximum Gasteiger partial charge on any atom is 0.274 e. The van der Waals surface area contributed by atoms with Crippen LogP contribution in [0.25, 0.3) is 0 Å². The molecule has 1 saturated carbocycles. The quantitative estimate of drug-likeness (QED) is 0.844. The van der Waals surface area contributed by atoms with Crippen molar-refractivity contribution in [1.82, 2.24) is 15.1 Å². The van der Waals surface area contributed by atoms with Crippen LogP contribution in [0.5, 0.6) is 0 Å². The highest BCUT2D eigenvalue weighted by Gasteiger charge is 2.32. The second kappa shape index (κ2) is 5.87. The molecule has 0 N–H and O–H groups in total. The van der Waals surface area contributed by atoms with Crippen LogP contribution in [0.1, 0.15) is 41.9 Å². The first-order valence-corrected chi connectivity index (χ1v) is 7.43. The van der Waals surface area contributed by atoms with E-state index in [0.29, 0.717) is 25.5 Å². The van der Waals surface area contributed by atoms with Gasteiger partial charge in [-0.05, 0) is 31.4 Å². The van der Waals surface area contributed by atoms with E-state index in [0.717, 1.165) is 18.0 Å². The highest BCUT2D eigenvalue weighted by molar-refractivity contribution is 5.92. The molecule has 108 valence electrons. The molecule has 2 heterocycles. The molecule has 2 aliphatic rings. The van der Waals surface area contributed by atoms with Gasteiger partial charge in [0.05, 0.1) is 24.9 Å². The molecule has 1 unspecified atom stereocenters. The third-order valence-electron chi connectivity index (χ3n) is 4.34. The van der Waals surface area contributed by atoms with Gasteiger partial charge in [-0.15, -0.1) is 5.10 Å². The lowest BCUT2D eigenvalue weighted by atomic mass is 9.80. The van der Waals surface area contributed by atoms with Crippen molar-refractivity contribution in [1.29, 1.82) is 0 Å². The van der Waals surface area contributed by atoms with Crippen molar-refractivity contribution >= 4 is 5.91 Å². The molecule has 0 radical (unpaired) electrons. The van der Waals surface area contributed by atoms with E-state index >= 15 is 0 Å². The molecule has 1 aromatic heterocycles. The maximum atomic E-state index is 12.6.